The van der Waals surface area contributed by atoms with Crippen LogP contribution in [0.5, 0.6) is 5.75 Å². The van der Waals surface area contributed by atoms with Crippen molar-refractivity contribution in [3.05, 3.63) is 24.3 Å². The summed E-state index contributed by atoms with van der Waals surface area (Å²) in [6.07, 6.45) is 8.39. The van der Waals surface area contributed by atoms with Crippen molar-refractivity contribution in [3.63, 3.8) is 0 Å². The van der Waals surface area contributed by atoms with E-state index in [9.17, 15) is 13.2 Å². The number of rotatable bonds is 8. The maximum absolute atomic E-state index is 12.7. The minimum absolute atomic E-state index is 0.0870. The number of unbranched alkanes of at least 4 members (excludes halogenated alkanes) is 1. The second kappa shape index (κ2) is 9.94. The fourth-order valence-corrected chi connectivity index (χ4v) is 8.64. The number of anilines is 1. The molecule has 0 spiro atoms. The van der Waals surface area contributed by atoms with E-state index in [4.69, 9.17) is 4.74 Å². The Labute approximate surface area is 189 Å². The molecule has 1 aromatic rings. The number of fused-ring (bicyclic) bond motifs is 1. The smallest absolute Gasteiger partial charge is 0.248 e. The van der Waals surface area contributed by atoms with Gasteiger partial charge in [0.05, 0.1) is 24.2 Å². The number of benzene rings is 1. The zero-order chi connectivity index (χ0) is 21.8. The number of hydrogen-bond donors (Lipinski definition) is 0. The number of sulfone groups is 1. The molecule has 170 valence electrons. The molecule has 1 amide bonds. The number of carbonyl (C=O) groups is 1. The maximum atomic E-state index is 12.7. The molecule has 2 aliphatic heterocycles. The predicted molar refractivity (Wildman–Crippen MR) is 127 cm³/mol. The quantitative estimate of drug-likeness (QED) is 0.530. The average Bonchev–Trinajstić information content (AvgIpc) is 3.41. The van der Waals surface area contributed by atoms with Crippen molar-refractivity contribution in [2.45, 2.75) is 69.6 Å². The molecule has 3 aliphatic rings. The summed E-state index contributed by atoms with van der Waals surface area (Å²) in [5.74, 6) is 1.55. The molecule has 0 bridgehead atoms. The normalized spacial score (nSPS) is 26.5. The summed E-state index contributed by atoms with van der Waals surface area (Å²) in [6.45, 7) is 2.77. The van der Waals surface area contributed by atoms with Gasteiger partial charge in [0.15, 0.2) is 15.0 Å². The van der Waals surface area contributed by atoms with E-state index in [1.807, 2.05) is 29.2 Å². The van der Waals surface area contributed by atoms with E-state index in [2.05, 4.69) is 11.9 Å². The number of nitrogens with zero attached hydrogens (tertiary/aromatic N) is 2. The lowest BCUT2D eigenvalue weighted by Crippen LogP contribution is -2.37. The fraction of sp³-hybridized carbons (Fsp3) is 0.652. The lowest BCUT2D eigenvalue weighted by molar-refractivity contribution is -0.118. The van der Waals surface area contributed by atoms with Gasteiger partial charge >= 0.3 is 0 Å². The predicted octanol–water partition coefficient (Wildman–Crippen LogP) is 4.44. The van der Waals surface area contributed by atoms with Gasteiger partial charge in [0, 0.05) is 23.4 Å². The molecule has 3 fully saturated rings. The van der Waals surface area contributed by atoms with Crippen LogP contribution in [0.15, 0.2) is 29.3 Å². The molecule has 6 nitrogen and oxygen atoms in total. The topological polar surface area (TPSA) is 76.0 Å². The number of thioether (sulfide) groups is 1. The number of amides is 1. The standard InChI is InChI=1S/C23H32N2O4S2/c1-2-3-13-29-19-10-6-9-18(14-19)25-20-15-31(27,28)16-21(20)30-23(25)24-22(26)12-11-17-7-4-5-8-17/h6,9-10,14,17,20-21H,2-5,7-8,11-13,15-16H2,1H3. The third-order valence-electron chi connectivity index (χ3n) is 6.39. The number of ether oxygens (including phenoxy) is 1. The first-order valence-electron chi connectivity index (χ1n) is 11.5. The molecule has 0 N–H and O–H groups in total. The van der Waals surface area contributed by atoms with E-state index in [1.54, 1.807) is 0 Å². The minimum atomic E-state index is -3.08. The van der Waals surface area contributed by atoms with Crippen molar-refractivity contribution in [2.24, 2.45) is 10.9 Å². The molecular weight excluding hydrogens is 432 g/mol. The van der Waals surface area contributed by atoms with E-state index in [0.717, 1.165) is 30.7 Å². The molecule has 1 aromatic carbocycles. The first-order chi connectivity index (χ1) is 14.9. The summed E-state index contributed by atoms with van der Waals surface area (Å²) in [4.78, 5) is 19.1. The molecule has 31 heavy (non-hydrogen) atoms. The van der Waals surface area contributed by atoms with Gasteiger partial charge in [-0.15, -0.1) is 0 Å². The molecule has 1 aliphatic carbocycles. The van der Waals surface area contributed by atoms with Crippen LogP contribution in [-0.2, 0) is 14.6 Å². The number of carbonyl (C=O) groups excluding carboxylic acids is 1. The summed E-state index contributed by atoms with van der Waals surface area (Å²) in [5.41, 5.74) is 0.841. The van der Waals surface area contributed by atoms with Crippen LogP contribution in [0.3, 0.4) is 0 Å². The van der Waals surface area contributed by atoms with Gasteiger partial charge in [-0.2, -0.15) is 4.99 Å². The van der Waals surface area contributed by atoms with Crippen molar-refractivity contribution in [1.29, 1.82) is 0 Å². The van der Waals surface area contributed by atoms with E-state index in [0.29, 0.717) is 24.1 Å². The summed E-state index contributed by atoms with van der Waals surface area (Å²) in [6, 6.07) is 7.51. The Balaban J connectivity index is 1.53. The van der Waals surface area contributed by atoms with Crippen LogP contribution in [0.4, 0.5) is 5.69 Å². The molecule has 4 rings (SSSR count). The van der Waals surface area contributed by atoms with Crippen LogP contribution in [0.1, 0.15) is 58.3 Å². The van der Waals surface area contributed by atoms with Gasteiger partial charge in [-0.05, 0) is 30.9 Å². The molecular formula is C23H32N2O4S2. The average molecular weight is 465 g/mol. The number of aliphatic imine (C=N–C) groups is 1. The SMILES string of the molecule is CCCCOc1cccc(N2C(=NC(=O)CCC3CCCC3)SC3CS(=O)(=O)CC32)c1. The zero-order valence-corrected chi connectivity index (χ0v) is 19.8. The van der Waals surface area contributed by atoms with Crippen LogP contribution in [-0.4, -0.2) is 48.9 Å². The van der Waals surface area contributed by atoms with Crippen LogP contribution in [0.2, 0.25) is 0 Å². The Morgan fingerprint density at radius 1 is 1.26 bits per heavy atom. The highest BCUT2D eigenvalue weighted by Crippen LogP contribution is 2.41. The Hall–Kier alpha value is -1.54. The van der Waals surface area contributed by atoms with Crippen molar-refractivity contribution in [2.75, 3.05) is 23.0 Å². The molecule has 2 atom stereocenters. The Morgan fingerprint density at radius 2 is 2.06 bits per heavy atom. The van der Waals surface area contributed by atoms with Gasteiger partial charge in [-0.3, -0.25) is 4.79 Å². The lowest BCUT2D eigenvalue weighted by Gasteiger charge is -2.25. The van der Waals surface area contributed by atoms with Crippen LogP contribution in [0, 0.1) is 5.92 Å². The minimum Gasteiger partial charge on any atom is -0.494 e. The molecule has 2 saturated heterocycles. The van der Waals surface area contributed by atoms with Crippen LogP contribution < -0.4 is 9.64 Å². The van der Waals surface area contributed by atoms with E-state index >= 15 is 0 Å². The molecule has 0 radical (unpaired) electrons. The highest BCUT2D eigenvalue weighted by Gasteiger charge is 2.49. The molecule has 0 aromatic heterocycles. The lowest BCUT2D eigenvalue weighted by atomic mass is 10.0. The summed E-state index contributed by atoms with van der Waals surface area (Å²) < 4.78 is 30.4. The molecule has 1 saturated carbocycles. The van der Waals surface area contributed by atoms with Crippen molar-refractivity contribution in [1.82, 2.24) is 0 Å². The first-order valence-corrected chi connectivity index (χ1v) is 14.2. The van der Waals surface area contributed by atoms with Crippen molar-refractivity contribution in [3.8, 4) is 5.75 Å². The largest absolute Gasteiger partial charge is 0.494 e. The third kappa shape index (κ3) is 5.64. The van der Waals surface area contributed by atoms with Crippen LogP contribution in [0.25, 0.3) is 0 Å². The van der Waals surface area contributed by atoms with Gasteiger partial charge in [0.2, 0.25) is 5.91 Å². The van der Waals surface area contributed by atoms with Crippen molar-refractivity contribution < 1.29 is 17.9 Å². The van der Waals surface area contributed by atoms with Crippen LogP contribution >= 0.6 is 11.8 Å². The monoisotopic (exact) mass is 464 g/mol. The second-order valence-electron chi connectivity index (χ2n) is 8.85. The summed E-state index contributed by atoms with van der Waals surface area (Å²) >= 11 is 1.44. The van der Waals surface area contributed by atoms with E-state index < -0.39 is 9.84 Å². The van der Waals surface area contributed by atoms with Gasteiger partial charge in [-0.1, -0.05) is 56.9 Å². The van der Waals surface area contributed by atoms with E-state index in [1.165, 1.54) is 37.4 Å². The highest BCUT2D eigenvalue weighted by atomic mass is 32.2. The Bertz CT molecular complexity index is 925. The van der Waals surface area contributed by atoms with Gasteiger partial charge < -0.3 is 9.64 Å². The molecule has 2 heterocycles. The number of amidine groups is 1. The van der Waals surface area contributed by atoms with Crippen molar-refractivity contribution >= 4 is 38.4 Å². The maximum Gasteiger partial charge on any atom is 0.248 e. The van der Waals surface area contributed by atoms with Gasteiger partial charge in [-0.25, -0.2) is 8.42 Å². The fourth-order valence-electron chi connectivity index (χ4n) is 4.71. The Kier molecular flexibility index (Phi) is 7.26. The number of hydrogen-bond acceptors (Lipinski definition) is 5. The molecule has 8 heteroatoms. The first kappa shape index (κ1) is 22.6. The summed E-state index contributed by atoms with van der Waals surface area (Å²) in [5, 5.41) is 0.545. The second-order valence-corrected chi connectivity index (χ2v) is 12.2. The zero-order valence-electron chi connectivity index (χ0n) is 18.2. The van der Waals surface area contributed by atoms with Gasteiger partial charge in [0.25, 0.3) is 0 Å². The third-order valence-corrected chi connectivity index (χ3v) is 9.60. The van der Waals surface area contributed by atoms with Gasteiger partial charge in [0.1, 0.15) is 5.75 Å². The Morgan fingerprint density at radius 3 is 2.84 bits per heavy atom. The van der Waals surface area contributed by atoms with E-state index in [-0.39, 0.29) is 28.7 Å². The highest BCUT2D eigenvalue weighted by molar-refractivity contribution is 8.16. The molecule has 2 unspecified atom stereocenters. The summed E-state index contributed by atoms with van der Waals surface area (Å²) in [7, 11) is -3.08.